The van der Waals surface area contributed by atoms with Gasteiger partial charge in [-0.3, -0.25) is 0 Å². The molecule has 0 aliphatic carbocycles. The topological polar surface area (TPSA) is 92.4 Å². The van der Waals surface area contributed by atoms with Crippen molar-refractivity contribution in [2.24, 2.45) is 0 Å². The summed E-state index contributed by atoms with van der Waals surface area (Å²) in [4.78, 5) is 8.81. The fourth-order valence-corrected chi connectivity index (χ4v) is 4.08. The van der Waals surface area contributed by atoms with Crippen molar-refractivity contribution >= 4 is 34.0 Å². The minimum absolute atomic E-state index is 0.0733. The van der Waals surface area contributed by atoms with E-state index in [1.165, 1.54) is 18.5 Å². The van der Waals surface area contributed by atoms with Crippen molar-refractivity contribution < 1.29 is 18.7 Å². The van der Waals surface area contributed by atoms with Gasteiger partial charge in [-0.2, -0.15) is 0 Å². The maximum absolute atomic E-state index is 13.4. The smallest absolute Gasteiger partial charge is 0.141 e. The Hall–Kier alpha value is -3.98. The summed E-state index contributed by atoms with van der Waals surface area (Å²) >= 11 is 6.46. The lowest BCUT2D eigenvalue weighted by Crippen LogP contribution is -2.16. The second-order valence-electron chi connectivity index (χ2n) is 8.31. The molecule has 0 aliphatic rings. The van der Waals surface area contributed by atoms with Crippen molar-refractivity contribution in [1.29, 1.82) is 0 Å². The summed E-state index contributed by atoms with van der Waals surface area (Å²) in [7, 11) is 0. The molecular weight excluding hydrogens is 495 g/mol. The summed E-state index contributed by atoms with van der Waals surface area (Å²) in [5.74, 6) is 2.30. The number of benzene rings is 3. The molecule has 3 aromatic carbocycles. The minimum atomic E-state index is -0.311. The maximum atomic E-state index is 13.4. The highest BCUT2D eigenvalue weighted by molar-refractivity contribution is 6.32. The SMILES string of the molecule is OCCNCc1ccc(-c2ccc3ncnc(Nc4ccc(OCc5cccc(F)c5)c(Cl)c4)c3c2)o1. The van der Waals surface area contributed by atoms with E-state index in [0.717, 1.165) is 33.7 Å². The zero-order chi connectivity index (χ0) is 25.6. The molecule has 9 heteroatoms. The third-order valence-electron chi connectivity index (χ3n) is 5.65. The molecule has 0 amide bonds. The van der Waals surface area contributed by atoms with Crippen molar-refractivity contribution in [3.8, 4) is 17.1 Å². The van der Waals surface area contributed by atoms with Gasteiger partial charge in [-0.25, -0.2) is 14.4 Å². The maximum Gasteiger partial charge on any atom is 0.141 e. The van der Waals surface area contributed by atoms with Crippen LogP contribution >= 0.6 is 11.6 Å². The molecule has 37 heavy (non-hydrogen) atoms. The van der Waals surface area contributed by atoms with E-state index in [0.29, 0.717) is 35.2 Å². The predicted molar refractivity (Wildman–Crippen MR) is 141 cm³/mol. The first kappa shape index (κ1) is 24.7. The summed E-state index contributed by atoms with van der Waals surface area (Å²) in [6.07, 6.45) is 1.50. The van der Waals surface area contributed by atoms with Gasteiger partial charge >= 0.3 is 0 Å². The van der Waals surface area contributed by atoms with Gasteiger partial charge in [0.1, 0.15) is 41.8 Å². The Bertz CT molecular complexity index is 1520. The number of hydrogen-bond acceptors (Lipinski definition) is 7. The van der Waals surface area contributed by atoms with Gasteiger partial charge in [-0.05, 0) is 66.2 Å². The van der Waals surface area contributed by atoms with Gasteiger partial charge in [-0.1, -0.05) is 23.7 Å². The molecule has 0 radical (unpaired) electrons. The molecule has 0 atom stereocenters. The molecule has 0 aliphatic heterocycles. The van der Waals surface area contributed by atoms with Crippen molar-refractivity contribution in [2.45, 2.75) is 13.2 Å². The fraction of sp³-hybridized carbons (Fsp3) is 0.143. The summed E-state index contributed by atoms with van der Waals surface area (Å²) < 4.78 is 25.1. The van der Waals surface area contributed by atoms with E-state index in [9.17, 15) is 4.39 Å². The fourth-order valence-electron chi connectivity index (χ4n) is 3.85. The lowest BCUT2D eigenvalue weighted by Gasteiger charge is -2.12. The van der Waals surface area contributed by atoms with E-state index in [4.69, 9.17) is 25.9 Å². The van der Waals surface area contributed by atoms with E-state index < -0.39 is 0 Å². The number of halogens is 2. The van der Waals surface area contributed by atoms with Crippen LogP contribution in [0.4, 0.5) is 15.9 Å². The largest absolute Gasteiger partial charge is 0.487 e. The summed E-state index contributed by atoms with van der Waals surface area (Å²) in [5.41, 5.74) is 3.10. The van der Waals surface area contributed by atoms with Crippen LogP contribution in [-0.4, -0.2) is 28.2 Å². The number of ether oxygens (including phenoxy) is 1. The standard InChI is InChI=1S/C28H24ClFN4O3/c29-24-14-21(5-8-27(24)36-16-18-2-1-3-20(30)12-18)34-28-23-13-19(4-7-25(23)32-17-33-28)26-9-6-22(37-26)15-31-10-11-35/h1-9,12-14,17,31,35H,10-11,15-16H2,(H,32,33,34). The number of fused-ring (bicyclic) bond motifs is 1. The number of anilines is 2. The molecule has 0 fully saturated rings. The highest BCUT2D eigenvalue weighted by Crippen LogP contribution is 2.32. The van der Waals surface area contributed by atoms with E-state index in [1.807, 2.05) is 36.4 Å². The van der Waals surface area contributed by atoms with Gasteiger partial charge in [0.05, 0.1) is 23.7 Å². The molecule has 0 unspecified atom stereocenters. The minimum Gasteiger partial charge on any atom is -0.487 e. The van der Waals surface area contributed by atoms with Crippen LogP contribution in [0.25, 0.3) is 22.2 Å². The van der Waals surface area contributed by atoms with Crippen LogP contribution in [0, 0.1) is 5.82 Å². The lowest BCUT2D eigenvalue weighted by atomic mass is 10.1. The molecule has 0 bridgehead atoms. The number of furan rings is 1. The van der Waals surface area contributed by atoms with Gasteiger partial charge in [0.15, 0.2) is 0 Å². The Morgan fingerprint density at radius 2 is 1.92 bits per heavy atom. The van der Waals surface area contributed by atoms with Crippen LogP contribution in [0.2, 0.25) is 5.02 Å². The number of nitrogens with one attached hydrogen (secondary N) is 2. The Balaban J connectivity index is 1.33. The van der Waals surface area contributed by atoms with Gasteiger partial charge in [0.2, 0.25) is 0 Å². The molecule has 0 saturated carbocycles. The summed E-state index contributed by atoms with van der Waals surface area (Å²) in [5, 5.41) is 16.6. The van der Waals surface area contributed by atoms with Crippen molar-refractivity contribution in [3.05, 3.63) is 101 Å². The average Bonchev–Trinajstić information content (AvgIpc) is 3.37. The average molecular weight is 519 g/mol. The predicted octanol–water partition coefficient (Wildman–Crippen LogP) is 6.09. The van der Waals surface area contributed by atoms with Crippen LogP contribution in [-0.2, 0) is 13.2 Å². The molecule has 2 heterocycles. The quantitative estimate of drug-likeness (QED) is 0.193. The van der Waals surface area contributed by atoms with Crippen LogP contribution in [0.5, 0.6) is 5.75 Å². The highest BCUT2D eigenvalue weighted by Gasteiger charge is 2.11. The molecule has 0 saturated heterocycles. The second-order valence-corrected chi connectivity index (χ2v) is 8.72. The van der Waals surface area contributed by atoms with Crippen LogP contribution in [0.3, 0.4) is 0 Å². The first-order valence-corrected chi connectivity index (χ1v) is 12.1. The highest BCUT2D eigenvalue weighted by atomic mass is 35.5. The Labute approximate surface area is 217 Å². The molecule has 5 aromatic rings. The van der Waals surface area contributed by atoms with Gasteiger partial charge in [0.25, 0.3) is 0 Å². The molecule has 188 valence electrons. The first-order chi connectivity index (χ1) is 18.1. The number of hydrogen-bond donors (Lipinski definition) is 3. The number of aliphatic hydroxyl groups excluding tert-OH is 1. The van der Waals surface area contributed by atoms with Crippen molar-refractivity contribution in [2.75, 3.05) is 18.5 Å². The molecule has 3 N–H and O–H groups in total. The number of nitrogens with zero attached hydrogens (tertiary/aromatic N) is 2. The molecule has 5 rings (SSSR count). The van der Waals surface area contributed by atoms with Gasteiger partial charge < -0.3 is 24.9 Å². The Morgan fingerprint density at radius 1 is 1.00 bits per heavy atom. The Morgan fingerprint density at radius 3 is 2.76 bits per heavy atom. The molecule has 7 nitrogen and oxygen atoms in total. The summed E-state index contributed by atoms with van der Waals surface area (Å²) in [6, 6.07) is 21.2. The number of aromatic nitrogens is 2. The van der Waals surface area contributed by atoms with Gasteiger partial charge in [0, 0.05) is 23.2 Å². The molecule has 0 spiro atoms. The number of aliphatic hydroxyl groups is 1. The Kier molecular flexibility index (Phi) is 7.60. The molecule has 2 aromatic heterocycles. The third kappa shape index (κ3) is 6.06. The van der Waals surface area contributed by atoms with Crippen LogP contribution in [0.15, 0.2) is 83.5 Å². The lowest BCUT2D eigenvalue weighted by molar-refractivity contribution is 0.290. The zero-order valence-corrected chi connectivity index (χ0v) is 20.5. The van der Waals surface area contributed by atoms with Crippen molar-refractivity contribution in [3.63, 3.8) is 0 Å². The van der Waals surface area contributed by atoms with Crippen molar-refractivity contribution in [1.82, 2.24) is 15.3 Å². The first-order valence-electron chi connectivity index (χ1n) is 11.7. The molecular formula is C28H24ClFN4O3. The number of rotatable bonds is 10. The van der Waals surface area contributed by atoms with Crippen LogP contribution < -0.4 is 15.4 Å². The summed E-state index contributed by atoms with van der Waals surface area (Å²) in [6.45, 7) is 1.31. The van der Waals surface area contributed by atoms with E-state index in [2.05, 4.69) is 20.6 Å². The van der Waals surface area contributed by atoms with E-state index in [-0.39, 0.29) is 19.0 Å². The van der Waals surface area contributed by atoms with Gasteiger partial charge in [-0.15, -0.1) is 0 Å². The van der Waals surface area contributed by atoms with E-state index >= 15 is 0 Å². The monoisotopic (exact) mass is 518 g/mol. The third-order valence-corrected chi connectivity index (χ3v) is 5.94. The second kappa shape index (κ2) is 11.4. The van der Waals surface area contributed by atoms with E-state index in [1.54, 1.807) is 24.3 Å². The van der Waals surface area contributed by atoms with Crippen LogP contribution in [0.1, 0.15) is 11.3 Å². The normalized spacial score (nSPS) is 11.1. The zero-order valence-electron chi connectivity index (χ0n) is 19.7.